The first kappa shape index (κ1) is 18.5. The molecule has 0 aliphatic heterocycles. The molecule has 0 radical (unpaired) electrons. The number of methoxy groups -OCH3 is 1. The van der Waals surface area contributed by atoms with Crippen LogP contribution in [0, 0.1) is 0 Å². The average molecular weight is 308 g/mol. The number of carbonyl (C=O) groups is 1. The Morgan fingerprint density at radius 2 is 1.86 bits per heavy atom. The molecule has 1 unspecified atom stereocenters. The molecule has 0 bridgehead atoms. The number of hydrogen-bond acceptors (Lipinski definition) is 4. The van der Waals surface area contributed by atoms with Gasteiger partial charge in [0, 0.05) is 25.4 Å². The lowest BCUT2D eigenvalue weighted by molar-refractivity contribution is 0.0636. The van der Waals surface area contributed by atoms with Gasteiger partial charge in [-0.3, -0.25) is 5.32 Å². The normalized spacial score (nSPS) is 12.8. The molecule has 0 aliphatic rings. The highest BCUT2D eigenvalue weighted by molar-refractivity contribution is 5.84. The molecule has 1 aromatic carbocycles. The molecule has 5 heteroatoms. The number of rotatable bonds is 7. The maximum absolute atomic E-state index is 11.7. The SMILES string of the molecule is CCC(COC)NCc1ccc(NC(=O)OC(C)(C)C)cc1. The number of carbonyl (C=O) groups excluding carboxylic acids is 1. The van der Waals surface area contributed by atoms with E-state index in [1.54, 1.807) is 7.11 Å². The highest BCUT2D eigenvalue weighted by Crippen LogP contribution is 2.13. The van der Waals surface area contributed by atoms with Crippen LogP contribution in [-0.4, -0.2) is 31.5 Å². The summed E-state index contributed by atoms with van der Waals surface area (Å²) < 4.78 is 10.4. The predicted octanol–water partition coefficient (Wildman–Crippen LogP) is 3.55. The van der Waals surface area contributed by atoms with Crippen LogP contribution in [0.3, 0.4) is 0 Å². The summed E-state index contributed by atoms with van der Waals surface area (Å²) >= 11 is 0. The lowest BCUT2D eigenvalue weighted by atomic mass is 10.1. The van der Waals surface area contributed by atoms with Gasteiger partial charge >= 0.3 is 6.09 Å². The molecule has 0 aliphatic carbocycles. The molecule has 0 saturated heterocycles. The van der Waals surface area contributed by atoms with Gasteiger partial charge in [-0.05, 0) is 44.9 Å². The van der Waals surface area contributed by atoms with Crippen molar-refractivity contribution in [2.45, 2.75) is 52.3 Å². The standard InChI is InChI=1S/C17H28N2O3/c1-6-14(12-21-5)18-11-13-7-9-15(10-8-13)19-16(20)22-17(2,3)4/h7-10,14,18H,6,11-12H2,1-5H3,(H,19,20). The Labute approximate surface area is 133 Å². The zero-order valence-corrected chi connectivity index (χ0v) is 14.2. The molecule has 1 rings (SSSR count). The quantitative estimate of drug-likeness (QED) is 0.809. The monoisotopic (exact) mass is 308 g/mol. The van der Waals surface area contributed by atoms with E-state index in [1.165, 1.54) is 0 Å². The van der Waals surface area contributed by atoms with Gasteiger partial charge in [-0.15, -0.1) is 0 Å². The lowest BCUT2D eigenvalue weighted by Crippen LogP contribution is -2.32. The predicted molar refractivity (Wildman–Crippen MR) is 89.1 cm³/mol. The van der Waals surface area contributed by atoms with E-state index in [9.17, 15) is 4.79 Å². The fourth-order valence-corrected chi connectivity index (χ4v) is 1.91. The van der Waals surface area contributed by atoms with Crippen molar-refractivity contribution < 1.29 is 14.3 Å². The summed E-state index contributed by atoms with van der Waals surface area (Å²) in [6, 6.07) is 8.07. The largest absolute Gasteiger partial charge is 0.444 e. The summed E-state index contributed by atoms with van der Waals surface area (Å²) in [7, 11) is 1.71. The molecule has 1 atom stereocenters. The molecule has 124 valence electrons. The minimum atomic E-state index is -0.496. The van der Waals surface area contributed by atoms with Gasteiger partial charge in [0.15, 0.2) is 0 Å². The molecule has 1 amide bonds. The average Bonchev–Trinajstić information content (AvgIpc) is 2.43. The number of benzene rings is 1. The molecular weight excluding hydrogens is 280 g/mol. The van der Waals surface area contributed by atoms with E-state index in [2.05, 4.69) is 17.6 Å². The first-order valence-electron chi connectivity index (χ1n) is 7.65. The Bertz CT molecular complexity index is 452. The molecule has 0 aromatic heterocycles. The summed E-state index contributed by atoms with van der Waals surface area (Å²) in [5.41, 5.74) is 1.39. The van der Waals surface area contributed by atoms with Crippen molar-refractivity contribution in [1.82, 2.24) is 5.32 Å². The topological polar surface area (TPSA) is 59.6 Å². The van der Waals surface area contributed by atoms with E-state index in [1.807, 2.05) is 45.0 Å². The van der Waals surface area contributed by atoms with Crippen LogP contribution in [-0.2, 0) is 16.0 Å². The second-order valence-corrected chi connectivity index (χ2v) is 6.27. The molecule has 5 nitrogen and oxygen atoms in total. The molecule has 1 aromatic rings. The van der Waals surface area contributed by atoms with Crippen molar-refractivity contribution in [2.24, 2.45) is 0 Å². The van der Waals surface area contributed by atoms with Crippen molar-refractivity contribution in [1.29, 1.82) is 0 Å². The van der Waals surface area contributed by atoms with Crippen LogP contribution in [0.25, 0.3) is 0 Å². The van der Waals surface area contributed by atoms with Crippen molar-refractivity contribution >= 4 is 11.8 Å². The van der Waals surface area contributed by atoms with Gasteiger partial charge in [-0.2, -0.15) is 0 Å². The second kappa shape index (κ2) is 8.76. The summed E-state index contributed by atoms with van der Waals surface area (Å²) in [6.07, 6.45) is 0.580. The van der Waals surface area contributed by atoms with Crippen LogP contribution >= 0.6 is 0 Å². The third-order valence-electron chi connectivity index (χ3n) is 3.05. The Balaban J connectivity index is 2.47. The number of anilines is 1. The molecule has 0 saturated carbocycles. The van der Waals surface area contributed by atoms with E-state index in [-0.39, 0.29) is 0 Å². The zero-order chi connectivity index (χ0) is 16.6. The third kappa shape index (κ3) is 7.43. The third-order valence-corrected chi connectivity index (χ3v) is 3.05. The second-order valence-electron chi connectivity index (χ2n) is 6.27. The molecule has 22 heavy (non-hydrogen) atoms. The summed E-state index contributed by atoms with van der Waals surface area (Å²) in [5.74, 6) is 0. The fraction of sp³-hybridized carbons (Fsp3) is 0.588. The summed E-state index contributed by atoms with van der Waals surface area (Å²) in [6.45, 7) is 9.12. The van der Waals surface area contributed by atoms with Gasteiger partial charge in [0.2, 0.25) is 0 Å². The number of amides is 1. The molecular formula is C17H28N2O3. The van der Waals surface area contributed by atoms with Gasteiger partial charge in [0.05, 0.1) is 6.61 Å². The van der Waals surface area contributed by atoms with Crippen molar-refractivity contribution in [2.75, 3.05) is 19.0 Å². The molecule has 0 heterocycles. The minimum Gasteiger partial charge on any atom is -0.444 e. The van der Waals surface area contributed by atoms with Crippen LogP contribution < -0.4 is 10.6 Å². The van der Waals surface area contributed by atoms with E-state index in [4.69, 9.17) is 9.47 Å². The van der Waals surface area contributed by atoms with Crippen LogP contribution in [0.1, 0.15) is 39.7 Å². The summed E-state index contributed by atoms with van der Waals surface area (Å²) in [5, 5.41) is 6.16. The Kier molecular flexibility index (Phi) is 7.35. The van der Waals surface area contributed by atoms with Gasteiger partial charge in [0.25, 0.3) is 0 Å². The number of hydrogen-bond donors (Lipinski definition) is 2. The highest BCUT2D eigenvalue weighted by atomic mass is 16.6. The maximum atomic E-state index is 11.7. The Morgan fingerprint density at radius 3 is 2.36 bits per heavy atom. The minimum absolute atomic E-state index is 0.351. The smallest absolute Gasteiger partial charge is 0.412 e. The van der Waals surface area contributed by atoms with Crippen LogP contribution in [0.15, 0.2) is 24.3 Å². The van der Waals surface area contributed by atoms with Crippen LogP contribution in [0.5, 0.6) is 0 Å². The van der Waals surface area contributed by atoms with E-state index >= 15 is 0 Å². The summed E-state index contributed by atoms with van der Waals surface area (Å²) in [4.78, 5) is 11.7. The zero-order valence-electron chi connectivity index (χ0n) is 14.2. The number of nitrogens with one attached hydrogen (secondary N) is 2. The number of ether oxygens (including phenoxy) is 2. The van der Waals surface area contributed by atoms with E-state index in [0.717, 1.165) is 24.2 Å². The van der Waals surface area contributed by atoms with Gasteiger partial charge < -0.3 is 14.8 Å². The van der Waals surface area contributed by atoms with Crippen molar-refractivity contribution in [3.63, 3.8) is 0 Å². The molecule has 0 fully saturated rings. The van der Waals surface area contributed by atoms with Gasteiger partial charge in [0.1, 0.15) is 5.60 Å². The lowest BCUT2D eigenvalue weighted by Gasteiger charge is -2.19. The first-order chi connectivity index (χ1) is 10.3. The van der Waals surface area contributed by atoms with Gasteiger partial charge in [-0.25, -0.2) is 4.79 Å². The van der Waals surface area contributed by atoms with E-state index in [0.29, 0.717) is 12.6 Å². The highest BCUT2D eigenvalue weighted by Gasteiger charge is 2.16. The molecule has 2 N–H and O–H groups in total. The first-order valence-corrected chi connectivity index (χ1v) is 7.65. The molecule has 0 spiro atoms. The van der Waals surface area contributed by atoms with Gasteiger partial charge in [-0.1, -0.05) is 19.1 Å². The Morgan fingerprint density at radius 1 is 1.23 bits per heavy atom. The van der Waals surface area contributed by atoms with Crippen LogP contribution in [0.2, 0.25) is 0 Å². The fourth-order valence-electron chi connectivity index (χ4n) is 1.91. The van der Waals surface area contributed by atoms with E-state index < -0.39 is 11.7 Å². The maximum Gasteiger partial charge on any atom is 0.412 e. The van der Waals surface area contributed by atoms with Crippen LogP contribution in [0.4, 0.5) is 10.5 Å². The van der Waals surface area contributed by atoms with Crippen molar-refractivity contribution in [3.05, 3.63) is 29.8 Å². The van der Waals surface area contributed by atoms with Crippen molar-refractivity contribution in [3.8, 4) is 0 Å². The Hall–Kier alpha value is -1.59.